The summed E-state index contributed by atoms with van der Waals surface area (Å²) in [6.45, 7) is 0.417. The predicted molar refractivity (Wildman–Crippen MR) is 108 cm³/mol. The Bertz CT molecular complexity index is 1130. The zero-order valence-corrected chi connectivity index (χ0v) is 15.0. The van der Waals surface area contributed by atoms with Crippen LogP contribution in [0.25, 0.3) is 5.69 Å². The number of nitrogens with zero attached hydrogens (tertiary/aromatic N) is 3. The molecule has 0 unspecified atom stereocenters. The second-order valence-corrected chi connectivity index (χ2v) is 6.31. The van der Waals surface area contributed by atoms with Gasteiger partial charge in [0.1, 0.15) is 5.56 Å². The Hall–Kier alpha value is -3.93. The second kappa shape index (κ2) is 7.75. The number of carbonyl (C=O) groups is 1. The van der Waals surface area contributed by atoms with Gasteiger partial charge in [-0.1, -0.05) is 30.3 Å². The van der Waals surface area contributed by atoms with E-state index in [4.69, 9.17) is 0 Å². The quantitative estimate of drug-likeness (QED) is 0.586. The Kier molecular flexibility index (Phi) is 4.84. The van der Waals surface area contributed by atoms with Gasteiger partial charge in [0.15, 0.2) is 0 Å². The Morgan fingerprint density at radius 1 is 0.929 bits per heavy atom. The van der Waals surface area contributed by atoms with E-state index in [1.807, 2.05) is 53.2 Å². The molecule has 2 heterocycles. The molecule has 6 heteroatoms. The van der Waals surface area contributed by atoms with Crippen LogP contribution in [0.3, 0.4) is 0 Å². The van der Waals surface area contributed by atoms with Crippen LogP contribution in [0.2, 0.25) is 0 Å². The van der Waals surface area contributed by atoms with Crippen molar-refractivity contribution < 1.29 is 4.79 Å². The van der Waals surface area contributed by atoms with Crippen molar-refractivity contribution in [3.05, 3.63) is 113 Å². The molecule has 0 aliphatic rings. The predicted octanol–water partition coefficient (Wildman–Crippen LogP) is 3.33. The molecule has 0 spiro atoms. The molecular formula is C22H18N4O2. The molecular weight excluding hydrogens is 352 g/mol. The molecule has 138 valence electrons. The number of amides is 1. The zero-order chi connectivity index (χ0) is 19.3. The summed E-state index contributed by atoms with van der Waals surface area (Å²) in [4.78, 5) is 29.3. The SMILES string of the molecule is O=C(Nc1ccc(-n2ccnc2)cc1)c1cccn(Cc2ccccc2)c1=O. The lowest BCUT2D eigenvalue weighted by molar-refractivity contribution is 0.102. The van der Waals surface area contributed by atoms with Crippen LogP contribution in [0.4, 0.5) is 5.69 Å². The molecule has 0 aliphatic heterocycles. The fourth-order valence-electron chi connectivity index (χ4n) is 2.94. The fraction of sp³-hybridized carbons (Fsp3) is 0.0455. The number of nitrogens with one attached hydrogen (secondary N) is 1. The van der Waals surface area contributed by atoms with Gasteiger partial charge in [-0.15, -0.1) is 0 Å². The summed E-state index contributed by atoms with van der Waals surface area (Å²) in [5.41, 5.74) is 2.33. The molecule has 4 rings (SSSR count). The van der Waals surface area contributed by atoms with E-state index >= 15 is 0 Å². The lowest BCUT2D eigenvalue weighted by atomic mass is 10.2. The number of benzene rings is 2. The molecule has 0 radical (unpaired) electrons. The first-order chi connectivity index (χ1) is 13.7. The average Bonchev–Trinajstić information content (AvgIpc) is 3.26. The molecule has 28 heavy (non-hydrogen) atoms. The third kappa shape index (κ3) is 3.76. The highest BCUT2D eigenvalue weighted by molar-refractivity contribution is 6.04. The van der Waals surface area contributed by atoms with Gasteiger partial charge in [-0.05, 0) is 42.0 Å². The van der Waals surface area contributed by atoms with Crippen molar-refractivity contribution in [2.24, 2.45) is 0 Å². The van der Waals surface area contributed by atoms with Crippen LogP contribution in [-0.2, 0) is 6.54 Å². The number of aromatic nitrogens is 3. The number of carbonyl (C=O) groups excluding carboxylic acids is 1. The van der Waals surface area contributed by atoms with E-state index in [-0.39, 0.29) is 11.1 Å². The number of pyridine rings is 1. The molecule has 6 nitrogen and oxygen atoms in total. The van der Waals surface area contributed by atoms with E-state index in [9.17, 15) is 9.59 Å². The summed E-state index contributed by atoms with van der Waals surface area (Å²) in [5, 5.41) is 2.79. The topological polar surface area (TPSA) is 68.9 Å². The molecule has 0 bridgehead atoms. The van der Waals surface area contributed by atoms with Crippen LogP contribution in [0, 0.1) is 0 Å². The van der Waals surface area contributed by atoms with Crippen LogP contribution in [0.15, 0.2) is 96.4 Å². The lowest BCUT2D eigenvalue weighted by Gasteiger charge is -2.10. The molecule has 0 atom stereocenters. The molecule has 0 aliphatic carbocycles. The van der Waals surface area contributed by atoms with Crippen molar-refractivity contribution in [2.75, 3.05) is 5.32 Å². The summed E-state index contributed by atoms with van der Waals surface area (Å²) in [6, 6.07) is 20.2. The molecule has 1 N–H and O–H groups in total. The average molecular weight is 370 g/mol. The highest BCUT2D eigenvalue weighted by Gasteiger charge is 2.12. The van der Waals surface area contributed by atoms with Crippen molar-refractivity contribution in [2.45, 2.75) is 6.54 Å². The first-order valence-corrected chi connectivity index (χ1v) is 8.84. The summed E-state index contributed by atoms with van der Waals surface area (Å²) in [5.74, 6) is -0.428. The molecule has 0 saturated heterocycles. The van der Waals surface area contributed by atoms with Gasteiger partial charge in [0.2, 0.25) is 0 Å². The molecule has 4 aromatic rings. The molecule has 1 amide bonds. The Balaban J connectivity index is 1.52. The van der Waals surface area contributed by atoms with E-state index in [0.717, 1.165) is 11.3 Å². The van der Waals surface area contributed by atoms with Crippen molar-refractivity contribution in [3.63, 3.8) is 0 Å². The van der Waals surface area contributed by atoms with Gasteiger partial charge in [0.25, 0.3) is 11.5 Å². The Labute approximate surface area is 161 Å². The normalized spacial score (nSPS) is 10.6. The molecule has 0 fully saturated rings. The van der Waals surface area contributed by atoms with Crippen molar-refractivity contribution in [3.8, 4) is 5.69 Å². The zero-order valence-electron chi connectivity index (χ0n) is 15.0. The number of imidazole rings is 1. The van der Waals surface area contributed by atoms with E-state index in [1.165, 1.54) is 4.57 Å². The maximum Gasteiger partial charge on any atom is 0.263 e. The second-order valence-electron chi connectivity index (χ2n) is 6.31. The van der Waals surface area contributed by atoms with E-state index < -0.39 is 5.91 Å². The highest BCUT2D eigenvalue weighted by atomic mass is 16.2. The monoisotopic (exact) mass is 370 g/mol. The largest absolute Gasteiger partial charge is 0.322 e. The van der Waals surface area contributed by atoms with E-state index in [2.05, 4.69) is 10.3 Å². The van der Waals surface area contributed by atoms with Crippen molar-refractivity contribution in [1.82, 2.24) is 14.1 Å². The third-order valence-corrected chi connectivity index (χ3v) is 4.39. The van der Waals surface area contributed by atoms with Gasteiger partial charge in [-0.25, -0.2) is 4.98 Å². The van der Waals surface area contributed by atoms with Crippen molar-refractivity contribution >= 4 is 11.6 Å². The lowest BCUT2D eigenvalue weighted by Crippen LogP contribution is -2.29. The maximum absolute atomic E-state index is 12.7. The molecule has 2 aromatic heterocycles. The van der Waals surface area contributed by atoms with Gasteiger partial charge in [-0.2, -0.15) is 0 Å². The van der Waals surface area contributed by atoms with Gasteiger partial charge in [-0.3, -0.25) is 9.59 Å². The van der Waals surface area contributed by atoms with Gasteiger partial charge < -0.3 is 14.5 Å². The van der Waals surface area contributed by atoms with Crippen LogP contribution in [0.1, 0.15) is 15.9 Å². The third-order valence-electron chi connectivity index (χ3n) is 4.39. The smallest absolute Gasteiger partial charge is 0.263 e. The van der Waals surface area contributed by atoms with Gasteiger partial charge in [0, 0.05) is 30.0 Å². The Morgan fingerprint density at radius 3 is 2.43 bits per heavy atom. The fourth-order valence-corrected chi connectivity index (χ4v) is 2.94. The maximum atomic E-state index is 12.7. The minimum absolute atomic E-state index is 0.108. The standard InChI is InChI=1S/C22H18N4O2/c27-21(24-18-8-10-19(11-9-18)26-14-12-23-16-26)20-7-4-13-25(22(20)28)15-17-5-2-1-3-6-17/h1-14,16H,15H2,(H,24,27). The molecule has 2 aromatic carbocycles. The highest BCUT2D eigenvalue weighted by Crippen LogP contribution is 2.13. The number of hydrogen-bond donors (Lipinski definition) is 1. The minimum atomic E-state index is -0.428. The first-order valence-electron chi connectivity index (χ1n) is 8.84. The number of hydrogen-bond acceptors (Lipinski definition) is 3. The number of rotatable bonds is 5. The summed E-state index contributed by atoms with van der Waals surface area (Å²) < 4.78 is 3.40. The van der Waals surface area contributed by atoms with Gasteiger partial charge >= 0.3 is 0 Å². The van der Waals surface area contributed by atoms with Crippen LogP contribution >= 0.6 is 0 Å². The minimum Gasteiger partial charge on any atom is -0.322 e. The first kappa shape index (κ1) is 17.5. The Morgan fingerprint density at radius 2 is 1.71 bits per heavy atom. The van der Waals surface area contributed by atoms with Crippen LogP contribution < -0.4 is 10.9 Å². The van der Waals surface area contributed by atoms with E-state index in [1.54, 1.807) is 43.0 Å². The summed E-state index contributed by atoms with van der Waals surface area (Å²) in [6.07, 6.45) is 6.93. The van der Waals surface area contributed by atoms with E-state index in [0.29, 0.717) is 12.2 Å². The summed E-state index contributed by atoms with van der Waals surface area (Å²) >= 11 is 0. The van der Waals surface area contributed by atoms with Crippen LogP contribution in [-0.4, -0.2) is 20.0 Å². The van der Waals surface area contributed by atoms with Crippen LogP contribution in [0.5, 0.6) is 0 Å². The van der Waals surface area contributed by atoms with Crippen molar-refractivity contribution in [1.29, 1.82) is 0 Å². The van der Waals surface area contributed by atoms with Gasteiger partial charge in [0.05, 0.1) is 12.9 Å². The number of anilines is 1. The molecule has 0 saturated carbocycles. The summed E-state index contributed by atoms with van der Waals surface area (Å²) in [7, 11) is 0.